The quantitative estimate of drug-likeness (QED) is 0.915. The number of rotatable bonds is 3. The van der Waals surface area contributed by atoms with Crippen molar-refractivity contribution in [3.63, 3.8) is 0 Å². The van der Waals surface area contributed by atoms with Gasteiger partial charge in [0.15, 0.2) is 0 Å². The first-order chi connectivity index (χ1) is 9.38. The zero-order chi connectivity index (χ0) is 14.9. The highest BCUT2D eigenvalue weighted by atomic mass is 16.4. The number of anilines is 1. The summed E-state index contributed by atoms with van der Waals surface area (Å²) >= 11 is 0. The van der Waals surface area contributed by atoms with Crippen molar-refractivity contribution in [3.8, 4) is 0 Å². The van der Waals surface area contributed by atoms with Crippen molar-refractivity contribution in [2.45, 2.75) is 51.4 Å². The average molecular weight is 275 g/mol. The second-order valence-corrected chi connectivity index (χ2v) is 6.28. The zero-order valence-corrected chi connectivity index (χ0v) is 13.0. The highest BCUT2D eigenvalue weighted by Gasteiger charge is 2.41. The van der Waals surface area contributed by atoms with E-state index in [1.165, 1.54) is 11.1 Å². The van der Waals surface area contributed by atoms with Crippen LogP contribution in [0.3, 0.4) is 0 Å². The minimum Gasteiger partial charge on any atom is -0.481 e. The second kappa shape index (κ2) is 5.47. The van der Waals surface area contributed by atoms with Gasteiger partial charge in [-0.1, -0.05) is 25.3 Å². The van der Waals surface area contributed by atoms with Crippen LogP contribution in [-0.4, -0.2) is 25.2 Å². The molecule has 0 atom stereocenters. The molecule has 1 fully saturated rings. The van der Waals surface area contributed by atoms with E-state index in [1.54, 1.807) is 0 Å². The number of aliphatic carboxylic acids is 1. The van der Waals surface area contributed by atoms with Gasteiger partial charge in [0.1, 0.15) is 0 Å². The Morgan fingerprint density at radius 3 is 2.25 bits per heavy atom. The van der Waals surface area contributed by atoms with Gasteiger partial charge in [-0.2, -0.15) is 0 Å². The molecule has 1 aromatic carbocycles. The van der Waals surface area contributed by atoms with Crippen LogP contribution in [0.25, 0.3) is 0 Å². The van der Waals surface area contributed by atoms with Crippen molar-refractivity contribution in [2.24, 2.45) is 0 Å². The van der Waals surface area contributed by atoms with Crippen molar-refractivity contribution >= 4 is 11.7 Å². The van der Waals surface area contributed by atoms with Crippen LogP contribution in [0.1, 0.15) is 48.8 Å². The lowest BCUT2D eigenvalue weighted by Crippen LogP contribution is -2.38. The third kappa shape index (κ3) is 2.41. The van der Waals surface area contributed by atoms with Crippen molar-refractivity contribution in [1.82, 2.24) is 0 Å². The summed E-state index contributed by atoms with van der Waals surface area (Å²) in [5, 5.41) is 9.82. The summed E-state index contributed by atoms with van der Waals surface area (Å²) in [6, 6.07) is 4.17. The van der Waals surface area contributed by atoms with Crippen LogP contribution in [0.2, 0.25) is 0 Å². The second-order valence-electron chi connectivity index (χ2n) is 6.28. The Bertz CT molecular complexity index is 514. The van der Waals surface area contributed by atoms with Gasteiger partial charge in [0.25, 0.3) is 0 Å². The number of nitrogens with zero attached hydrogens (tertiary/aromatic N) is 1. The Hall–Kier alpha value is -1.51. The van der Waals surface area contributed by atoms with E-state index < -0.39 is 11.4 Å². The summed E-state index contributed by atoms with van der Waals surface area (Å²) in [5.74, 6) is -0.662. The van der Waals surface area contributed by atoms with Crippen LogP contribution in [0.5, 0.6) is 0 Å². The summed E-state index contributed by atoms with van der Waals surface area (Å²) in [6.07, 6.45) is 4.70. The van der Waals surface area contributed by atoms with E-state index in [2.05, 4.69) is 30.9 Å². The molecule has 0 aliphatic heterocycles. The normalized spacial score (nSPS) is 17.8. The average Bonchev–Trinajstić information content (AvgIpc) is 2.41. The summed E-state index contributed by atoms with van der Waals surface area (Å²) in [4.78, 5) is 14.0. The minimum atomic E-state index is -0.679. The topological polar surface area (TPSA) is 40.5 Å². The molecule has 1 saturated carbocycles. The van der Waals surface area contributed by atoms with Crippen molar-refractivity contribution in [2.75, 3.05) is 19.0 Å². The molecule has 3 nitrogen and oxygen atoms in total. The van der Waals surface area contributed by atoms with Crippen LogP contribution in [0.4, 0.5) is 5.69 Å². The third-order valence-electron chi connectivity index (χ3n) is 4.79. The van der Waals surface area contributed by atoms with Gasteiger partial charge >= 0.3 is 5.97 Å². The van der Waals surface area contributed by atoms with Gasteiger partial charge in [0.05, 0.1) is 5.41 Å². The molecule has 3 heteroatoms. The molecule has 0 bridgehead atoms. The van der Waals surface area contributed by atoms with Gasteiger partial charge in [-0.05, 0) is 49.4 Å². The summed E-state index contributed by atoms with van der Waals surface area (Å²) < 4.78 is 0. The predicted octanol–water partition coefficient (Wildman–Crippen LogP) is 3.66. The molecular weight excluding hydrogens is 250 g/mol. The maximum atomic E-state index is 11.9. The van der Waals surface area contributed by atoms with Gasteiger partial charge in [-0.15, -0.1) is 0 Å². The van der Waals surface area contributed by atoms with E-state index in [1.807, 2.05) is 14.1 Å². The highest BCUT2D eigenvalue weighted by molar-refractivity contribution is 5.82. The molecule has 2 rings (SSSR count). The zero-order valence-electron chi connectivity index (χ0n) is 13.0. The van der Waals surface area contributed by atoms with Gasteiger partial charge in [-0.25, -0.2) is 0 Å². The number of carbonyl (C=O) groups is 1. The molecule has 0 spiro atoms. The molecule has 1 N–H and O–H groups in total. The third-order valence-corrected chi connectivity index (χ3v) is 4.79. The Labute approximate surface area is 121 Å². The van der Waals surface area contributed by atoms with E-state index in [0.717, 1.165) is 43.4 Å². The Kier molecular flexibility index (Phi) is 4.07. The van der Waals surface area contributed by atoms with E-state index in [0.29, 0.717) is 0 Å². The minimum absolute atomic E-state index is 0.662. The first-order valence-corrected chi connectivity index (χ1v) is 7.41. The van der Waals surface area contributed by atoms with E-state index >= 15 is 0 Å². The Balaban J connectivity index is 2.57. The van der Waals surface area contributed by atoms with Crippen molar-refractivity contribution in [3.05, 3.63) is 28.8 Å². The van der Waals surface area contributed by atoms with Gasteiger partial charge in [0.2, 0.25) is 0 Å². The summed E-state index contributed by atoms with van der Waals surface area (Å²) in [5.41, 5.74) is 3.84. The SMILES string of the molecule is Cc1cc(C2(C(=O)O)CCCCC2)cc(N(C)C)c1C. The number of carboxylic acid groups (broad SMARTS) is 1. The highest BCUT2D eigenvalue weighted by Crippen LogP contribution is 2.42. The summed E-state index contributed by atoms with van der Waals surface area (Å²) in [7, 11) is 4.03. The maximum absolute atomic E-state index is 11.9. The van der Waals surface area contributed by atoms with Crippen LogP contribution < -0.4 is 4.90 Å². The molecule has 0 unspecified atom stereocenters. The lowest BCUT2D eigenvalue weighted by molar-refractivity contribution is -0.145. The van der Waals surface area contributed by atoms with Crippen LogP contribution in [0, 0.1) is 13.8 Å². The standard InChI is InChI=1S/C17H25NO2/c1-12-10-14(11-15(13(12)2)18(3)4)17(16(19)20)8-6-5-7-9-17/h10-11H,5-9H2,1-4H3,(H,19,20). The molecule has 0 saturated heterocycles. The van der Waals surface area contributed by atoms with E-state index in [9.17, 15) is 9.90 Å². The molecule has 0 amide bonds. The van der Waals surface area contributed by atoms with E-state index in [4.69, 9.17) is 0 Å². The van der Waals surface area contributed by atoms with Gasteiger partial charge in [-0.3, -0.25) is 4.79 Å². The number of hydrogen-bond donors (Lipinski definition) is 1. The molecule has 1 aromatic rings. The lowest BCUT2D eigenvalue weighted by atomic mass is 9.69. The molecule has 20 heavy (non-hydrogen) atoms. The maximum Gasteiger partial charge on any atom is 0.314 e. The Morgan fingerprint density at radius 1 is 1.15 bits per heavy atom. The first kappa shape index (κ1) is 14.9. The van der Waals surface area contributed by atoms with Crippen LogP contribution >= 0.6 is 0 Å². The lowest BCUT2D eigenvalue weighted by Gasteiger charge is -2.35. The number of benzene rings is 1. The van der Waals surface area contributed by atoms with Crippen molar-refractivity contribution in [1.29, 1.82) is 0 Å². The number of carboxylic acids is 1. The first-order valence-electron chi connectivity index (χ1n) is 7.41. The predicted molar refractivity (Wildman–Crippen MR) is 82.6 cm³/mol. The monoisotopic (exact) mass is 275 g/mol. The van der Waals surface area contributed by atoms with Gasteiger partial charge in [0, 0.05) is 19.8 Å². The number of aryl methyl sites for hydroxylation is 1. The molecule has 0 radical (unpaired) electrons. The molecule has 0 aromatic heterocycles. The van der Waals surface area contributed by atoms with E-state index in [-0.39, 0.29) is 0 Å². The molecule has 110 valence electrons. The van der Waals surface area contributed by atoms with Crippen molar-refractivity contribution < 1.29 is 9.90 Å². The van der Waals surface area contributed by atoms with Crippen LogP contribution in [0.15, 0.2) is 12.1 Å². The van der Waals surface area contributed by atoms with Crippen LogP contribution in [-0.2, 0) is 10.2 Å². The largest absolute Gasteiger partial charge is 0.481 e. The number of hydrogen-bond acceptors (Lipinski definition) is 2. The van der Waals surface area contributed by atoms with Gasteiger partial charge < -0.3 is 10.0 Å². The molecule has 0 heterocycles. The molecule has 1 aliphatic carbocycles. The smallest absolute Gasteiger partial charge is 0.314 e. The molecular formula is C17H25NO2. The Morgan fingerprint density at radius 2 is 1.75 bits per heavy atom. The molecule has 1 aliphatic rings. The summed E-state index contributed by atoms with van der Waals surface area (Å²) in [6.45, 7) is 4.17. The fourth-order valence-electron chi connectivity index (χ4n) is 3.36. The fourth-order valence-corrected chi connectivity index (χ4v) is 3.36. The fraction of sp³-hybridized carbons (Fsp3) is 0.588.